The van der Waals surface area contributed by atoms with Crippen molar-refractivity contribution in [3.8, 4) is 0 Å². The minimum absolute atomic E-state index is 0.0866. The largest absolute Gasteiger partial charge is 0.383 e. The van der Waals surface area contributed by atoms with Crippen molar-refractivity contribution in [3.05, 3.63) is 29.8 Å². The van der Waals surface area contributed by atoms with Gasteiger partial charge in [-0.15, -0.1) is 0 Å². The molecule has 3 rings (SSSR count). The van der Waals surface area contributed by atoms with E-state index in [1.54, 1.807) is 7.11 Å². The van der Waals surface area contributed by atoms with Gasteiger partial charge in [-0.05, 0) is 31.9 Å². The second-order valence-electron chi connectivity index (χ2n) is 6.83. The molecule has 2 amide bonds. The normalized spacial score (nSPS) is 22.6. The number of piperidine rings is 1. The lowest BCUT2D eigenvalue weighted by atomic mass is 10.0. The van der Waals surface area contributed by atoms with Crippen LogP contribution in [0.15, 0.2) is 24.3 Å². The second-order valence-corrected chi connectivity index (χ2v) is 6.83. The molecule has 1 aromatic rings. The van der Waals surface area contributed by atoms with Gasteiger partial charge in [-0.25, -0.2) is 0 Å². The lowest BCUT2D eigenvalue weighted by molar-refractivity contribution is -0.140. The summed E-state index contributed by atoms with van der Waals surface area (Å²) < 4.78 is 5.06. The molecule has 0 aromatic heterocycles. The third-order valence-corrected chi connectivity index (χ3v) is 5.11. The molecule has 6 heteroatoms. The highest BCUT2D eigenvalue weighted by atomic mass is 16.5. The molecule has 1 unspecified atom stereocenters. The van der Waals surface area contributed by atoms with E-state index in [1.165, 1.54) is 5.56 Å². The van der Waals surface area contributed by atoms with Crippen molar-refractivity contribution < 1.29 is 14.3 Å². The summed E-state index contributed by atoms with van der Waals surface area (Å²) in [5, 5.41) is 0. The van der Waals surface area contributed by atoms with Crippen LogP contribution in [-0.2, 0) is 14.3 Å². The number of piperazine rings is 1. The maximum atomic E-state index is 13.0. The van der Waals surface area contributed by atoms with Crippen LogP contribution in [0, 0.1) is 6.92 Å². The molecule has 2 fully saturated rings. The van der Waals surface area contributed by atoms with E-state index in [2.05, 4.69) is 0 Å². The average Bonchev–Trinajstić information content (AvgIpc) is 2.62. The molecule has 25 heavy (non-hydrogen) atoms. The van der Waals surface area contributed by atoms with Crippen LogP contribution in [0.4, 0.5) is 5.69 Å². The molecule has 2 heterocycles. The van der Waals surface area contributed by atoms with Gasteiger partial charge in [-0.3, -0.25) is 14.5 Å². The Morgan fingerprint density at radius 3 is 2.56 bits per heavy atom. The first-order valence-corrected chi connectivity index (χ1v) is 8.99. The monoisotopic (exact) mass is 345 g/mol. The number of methoxy groups -OCH3 is 1. The van der Waals surface area contributed by atoms with E-state index in [4.69, 9.17) is 4.74 Å². The van der Waals surface area contributed by atoms with E-state index >= 15 is 0 Å². The molecule has 1 atom stereocenters. The van der Waals surface area contributed by atoms with Gasteiger partial charge in [0.25, 0.3) is 0 Å². The number of carbonyl (C=O) groups is 2. The Morgan fingerprint density at radius 2 is 1.88 bits per heavy atom. The molecule has 2 aliphatic rings. The molecule has 6 nitrogen and oxygen atoms in total. The van der Waals surface area contributed by atoms with Crippen molar-refractivity contribution in [1.82, 2.24) is 9.80 Å². The molecule has 0 bridgehead atoms. The van der Waals surface area contributed by atoms with Crippen molar-refractivity contribution in [2.24, 2.45) is 0 Å². The average molecular weight is 345 g/mol. The van der Waals surface area contributed by atoms with E-state index in [0.717, 1.165) is 31.6 Å². The number of carbonyl (C=O) groups excluding carboxylic acids is 2. The topological polar surface area (TPSA) is 53.1 Å². The van der Waals surface area contributed by atoms with Crippen molar-refractivity contribution in [2.75, 3.05) is 51.3 Å². The summed E-state index contributed by atoms with van der Waals surface area (Å²) >= 11 is 0. The number of benzene rings is 1. The fourth-order valence-electron chi connectivity index (χ4n) is 3.61. The maximum absolute atomic E-state index is 13.0. The van der Waals surface area contributed by atoms with Gasteiger partial charge >= 0.3 is 0 Å². The summed E-state index contributed by atoms with van der Waals surface area (Å²) in [7, 11) is 1.64. The molecule has 2 saturated heterocycles. The van der Waals surface area contributed by atoms with Gasteiger partial charge in [-0.2, -0.15) is 0 Å². The first-order valence-electron chi connectivity index (χ1n) is 8.99. The summed E-state index contributed by atoms with van der Waals surface area (Å²) in [4.78, 5) is 31.1. The number of aryl methyl sites for hydroxylation is 1. The van der Waals surface area contributed by atoms with Crippen LogP contribution in [0.5, 0.6) is 0 Å². The molecule has 0 spiro atoms. The van der Waals surface area contributed by atoms with Crippen LogP contribution in [0.25, 0.3) is 0 Å². The molecule has 0 radical (unpaired) electrons. The Balaban J connectivity index is 1.65. The number of nitrogens with zero attached hydrogens (tertiary/aromatic N) is 3. The molecular weight excluding hydrogens is 318 g/mol. The Bertz CT molecular complexity index is 617. The predicted molar refractivity (Wildman–Crippen MR) is 96.6 cm³/mol. The molecule has 0 saturated carbocycles. The van der Waals surface area contributed by atoms with Crippen molar-refractivity contribution in [3.63, 3.8) is 0 Å². The van der Waals surface area contributed by atoms with Gasteiger partial charge in [0.1, 0.15) is 0 Å². The summed E-state index contributed by atoms with van der Waals surface area (Å²) in [6.07, 6.45) is 1.79. The standard InChI is InChI=1S/C19H27N3O3/c1-15-5-7-16(8-6-15)22-9-3-4-17(19(22)24)21-11-10-20(12-13-25-2)18(23)14-21/h5-8,17H,3-4,9-14H2,1-2H3. The highest BCUT2D eigenvalue weighted by Gasteiger charge is 2.37. The van der Waals surface area contributed by atoms with Crippen LogP contribution < -0.4 is 4.90 Å². The highest BCUT2D eigenvalue weighted by Crippen LogP contribution is 2.25. The lowest BCUT2D eigenvalue weighted by Gasteiger charge is -2.42. The fourth-order valence-corrected chi connectivity index (χ4v) is 3.61. The fraction of sp³-hybridized carbons (Fsp3) is 0.579. The predicted octanol–water partition coefficient (Wildman–Crippen LogP) is 1.28. The van der Waals surface area contributed by atoms with Crippen molar-refractivity contribution >= 4 is 17.5 Å². The van der Waals surface area contributed by atoms with Gasteiger partial charge in [0, 0.05) is 39.0 Å². The van der Waals surface area contributed by atoms with Crippen LogP contribution in [0.2, 0.25) is 0 Å². The number of hydrogen-bond acceptors (Lipinski definition) is 4. The second kappa shape index (κ2) is 7.97. The van der Waals surface area contributed by atoms with E-state index in [0.29, 0.717) is 26.2 Å². The Hall–Kier alpha value is -1.92. The van der Waals surface area contributed by atoms with Crippen LogP contribution in [0.1, 0.15) is 18.4 Å². The number of rotatable bonds is 5. The van der Waals surface area contributed by atoms with Gasteiger partial charge in [-0.1, -0.05) is 17.7 Å². The highest BCUT2D eigenvalue weighted by molar-refractivity contribution is 5.98. The molecule has 136 valence electrons. The van der Waals surface area contributed by atoms with E-state index in [1.807, 2.05) is 45.9 Å². The van der Waals surface area contributed by atoms with Gasteiger partial charge in [0.15, 0.2) is 0 Å². The first kappa shape index (κ1) is 17.9. The summed E-state index contributed by atoms with van der Waals surface area (Å²) in [5.41, 5.74) is 2.13. The Labute approximate surface area is 149 Å². The molecule has 0 aliphatic carbocycles. The van der Waals surface area contributed by atoms with E-state index in [9.17, 15) is 9.59 Å². The van der Waals surface area contributed by atoms with Gasteiger partial charge < -0.3 is 14.5 Å². The van der Waals surface area contributed by atoms with E-state index < -0.39 is 0 Å². The number of ether oxygens (including phenoxy) is 1. The van der Waals surface area contributed by atoms with Gasteiger partial charge in [0.05, 0.1) is 19.2 Å². The smallest absolute Gasteiger partial charge is 0.244 e. The Morgan fingerprint density at radius 1 is 1.12 bits per heavy atom. The Kier molecular flexibility index (Phi) is 5.71. The molecule has 2 aliphatic heterocycles. The van der Waals surface area contributed by atoms with Crippen LogP contribution >= 0.6 is 0 Å². The number of hydrogen-bond donors (Lipinski definition) is 0. The summed E-state index contributed by atoms with van der Waals surface area (Å²) in [5.74, 6) is 0.205. The lowest BCUT2D eigenvalue weighted by Crippen LogP contribution is -2.59. The number of anilines is 1. The van der Waals surface area contributed by atoms with Crippen LogP contribution in [-0.4, -0.2) is 74.1 Å². The van der Waals surface area contributed by atoms with Crippen molar-refractivity contribution in [1.29, 1.82) is 0 Å². The third kappa shape index (κ3) is 4.02. The molecule has 0 N–H and O–H groups in total. The third-order valence-electron chi connectivity index (χ3n) is 5.11. The summed E-state index contributed by atoms with van der Waals surface area (Å²) in [6, 6.07) is 7.88. The minimum Gasteiger partial charge on any atom is -0.383 e. The van der Waals surface area contributed by atoms with Crippen LogP contribution in [0.3, 0.4) is 0 Å². The zero-order valence-corrected chi connectivity index (χ0v) is 15.1. The van der Waals surface area contributed by atoms with Gasteiger partial charge in [0.2, 0.25) is 11.8 Å². The molecule has 1 aromatic carbocycles. The SMILES string of the molecule is COCCN1CCN(C2CCCN(c3ccc(C)cc3)C2=O)CC1=O. The van der Waals surface area contributed by atoms with E-state index in [-0.39, 0.29) is 17.9 Å². The summed E-state index contributed by atoms with van der Waals surface area (Å²) in [6.45, 7) is 5.69. The quantitative estimate of drug-likeness (QED) is 0.807. The first-order chi connectivity index (χ1) is 12.1. The number of amides is 2. The zero-order chi connectivity index (χ0) is 17.8. The minimum atomic E-state index is -0.191. The zero-order valence-electron chi connectivity index (χ0n) is 15.1. The molecular formula is C19H27N3O3. The maximum Gasteiger partial charge on any atom is 0.244 e. The van der Waals surface area contributed by atoms with Crippen molar-refractivity contribution in [2.45, 2.75) is 25.8 Å².